The van der Waals surface area contributed by atoms with Crippen LogP contribution in [0.4, 0.5) is 0 Å². The van der Waals surface area contributed by atoms with E-state index in [9.17, 15) is 13.5 Å². The van der Waals surface area contributed by atoms with Gasteiger partial charge in [-0.1, -0.05) is 30.3 Å². The van der Waals surface area contributed by atoms with Gasteiger partial charge in [0.05, 0.1) is 6.10 Å². The number of rotatable bonds is 3. The summed E-state index contributed by atoms with van der Waals surface area (Å²) in [5.74, 6) is 0. The van der Waals surface area contributed by atoms with Gasteiger partial charge in [0.1, 0.15) is 6.04 Å². The van der Waals surface area contributed by atoms with Crippen molar-refractivity contribution in [3.8, 4) is 0 Å². The topological polar surface area (TPSA) is 66.7 Å². The molecule has 0 amide bonds. The lowest BCUT2D eigenvalue weighted by Crippen LogP contribution is -2.12. The van der Waals surface area contributed by atoms with Crippen LogP contribution in [0.2, 0.25) is 0 Å². The van der Waals surface area contributed by atoms with Gasteiger partial charge in [0, 0.05) is 0 Å². The minimum absolute atomic E-state index is 0.687. The maximum atomic E-state index is 10.4. The molecule has 0 aliphatic carbocycles. The summed E-state index contributed by atoms with van der Waals surface area (Å²) in [5, 5.41) is 9.35. The predicted molar refractivity (Wildman–Crippen MR) is 52.2 cm³/mol. The number of aliphatic hydroxyl groups excluding tert-OH is 1. The smallest absolute Gasteiger partial charge is 0.311 e. The fourth-order valence-electron chi connectivity index (χ4n) is 1.17. The third-order valence-corrected chi connectivity index (χ3v) is 2.20. The molecule has 0 aromatic heterocycles. The first-order valence-corrected chi connectivity index (χ1v) is 5.17. The summed E-state index contributed by atoms with van der Waals surface area (Å²) >= 11 is 0. The highest BCUT2D eigenvalue weighted by atomic mass is 32.2. The van der Waals surface area contributed by atoms with Gasteiger partial charge in [-0.2, -0.15) is 12.8 Å². The maximum Gasteiger partial charge on any atom is 0.311 e. The Morgan fingerprint density at radius 2 is 1.86 bits per heavy atom. The molecule has 0 saturated heterocycles. The zero-order valence-electron chi connectivity index (χ0n) is 7.66. The molecule has 2 atom stereocenters. The van der Waals surface area contributed by atoms with E-state index in [1.807, 2.05) is 6.07 Å². The molecule has 0 fully saturated rings. The zero-order chi connectivity index (χ0) is 10.6. The van der Waals surface area contributed by atoms with Gasteiger partial charge in [0.25, 0.3) is 0 Å². The second-order valence-corrected chi connectivity index (χ2v) is 3.56. The number of hydrogen-bond donors (Lipinski definition) is 1. The molecule has 1 aromatic rings. The van der Waals surface area contributed by atoms with Crippen molar-refractivity contribution in [2.45, 2.75) is 19.1 Å². The van der Waals surface area contributed by atoms with E-state index < -0.39 is 22.6 Å². The van der Waals surface area contributed by atoms with Crippen LogP contribution in [0.15, 0.2) is 34.7 Å². The van der Waals surface area contributed by atoms with Crippen LogP contribution >= 0.6 is 0 Å². The van der Waals surface area contributed by atoms with Crippen LogP contribution in [0.1, 0.15) is 18.5 Å². The molecule has 0 aliphatic heterocycles. The van der Waals surface area contributed by atoms with Gasteiger partial charge in [0.15, 0.2) is 0 Å². The Morgan fingerprint density at radius 1 is 1.29 bits per heavy atom. The molecule has 0 bridgehead atoms. The van der Waals surface area contributed by atoms with Crippen molar-refractivity contribution >= 4 is 10.5 Å². The Bertz CT molecular complexity index is 403. The monoisotopic (exact) mass is 213 g/mol. The van der Waals surface area contributed by atoms with Gasteiger partial charge in [-0.3, -0.25) is 0 Å². The molecule has 1 N–H and O–H groups in total. The summed E-state index contributed by atoms with van der Waals surface area (Å²) in [6.45, 7) is 1.51. The molecule has 0 aliphatic rings. The Balaban J connectivity index is 3.07. The summed E-state index contributed by atoms with van der Waals surface area (Å²) in [5.41, 5.74) is 0.687. The van der Waals surface area contributed by atoms with Crippen LogP contribution in [0.25, 0.3) is 0 Å². The molecular weight excluding hydrogens is 202 g/mol. The van der Waals surface area contributed by atoms with Crippen LogP contribution in [0.5, 0.6) is 0 Å². The minimum atomic E-state index is -2.50. The number of nitrogens with zero attached hydrogens (tertiary/aromatic N) is 1. The first-order chi connectivity index (χ1) is 6.61. The highest BCUT2D eigenvalue weighted by Gasteiger charge is 2.16. The van der Waals surface area contributed by atoms with Gasteiger partial charge in [-0.05, 0) is 12.5 Å². The minimum Gasteiger partial charge on any atom is -0.391 e. The lowest BCUT2D eigenvalue weighted by Gasteiger charge is -2.12. The van der Waals surface area contributed by atoms with E-state index in [-0.39, 0.29) is 0 Å². The largest absolute Gasteiger partial charge is 0.391 e. The Hall–Kier alpha value is -1.20. The third kappa shape index (κ3) is 2.93. The van der Waals surface area contributed by atoms with E-state index in [0.29, 0.717) is 5.56 Å². The van der Waals surface area contributed by atoms with Crippen LogP contribution in [0, 0.1) is 0 Å². The van der Waals surface area contributed by atoms with Gasteiger partial charge in [0.2, 0.25) is 0 Å². The van der Waals surface area contributed by atoms with E-state index in [1.54, 1.807) is 24.3 Å². The standard InChI is InChI=1S/C9H11NO3S/c1-7(11)9(10-14(12)13)8-5-3-2-4-6-8/h2-7,9,11H,1H3/t7-,9-/m1/s1. The first kappa shape index (κ1) is 10.9. The van der Waals surface area contributed by atoms with Crippen molar-refractivity contribution in [1.82, 2.24) is 0 Å². The van der Waals surface area contributed by atoms with Gasteiger partial charge >= 0.3 is 10.5 Å². The second kappa shape index (κ2) is 4.88. The predicted octanol–water partition coefficient (Wildman–Crippen LogP) is 1.17. The molecule has 14 heavy (non-hydrogen) atoms. The van der Waals surface area contributed by atoms with E-state index in [1.165, 1.54) is 6.92 Å². The molecule has 0 spiro atoms. The Labute approximate surface area is 83.9 Å². The van der Waals surface area contributed by atoms with Crippen LogP contribution in [-0.4, -0.2) is 19.6 Å². The van der Waals surface area contributed by atoms with E-state index in [0.717, 1.165) is 0 Å². The van der Waals surface area contributed by atoms with E-state index in [2.05, 4.69) is 4.36 Å². The number of aliphatic hydroxyl groups is 1. The fraction of sp³-hybridized carbons (Fsp3) is 0.333. The Kier molecular flexibility index (Phi) is 3.79. The molecule has 76 valence electrons. The number of benzene rings is 1. The molecular formula is C9H11NO3S. The summed E-state index contributed by atoms with van der Waals surface area (Å²) < 4.78 is 24.2. The molecule has 0 heterocycles. The summed E-state index contributed by atoms with van der Waals surface area (Å²) in [4.78, 5) is 0. The molecule has 0 radical (unpaired) electrons. The summed E-state index contributed by atoms with van der Waals surface area (Å²) in [6.07, 6.45) is -0.824. The maximum absolute atomic E-state index is 10.4. The van der Waals surface area contributed by atoms with E-state index >= 15 is 0 Å². The normalized spacial score (nSPS) is 14.4. The van der Waals surface area contributed by atoms with Crippen LogP contribution in [0.3, 0.4) is 0 Å². The highest BCUT2D eigenvalue weighted by Crippen LogP contribution is 2.20. The molecule has 0 unspecified atom stereocenters. The quantitative estimate of drug-likeness (QED) is 0.819. The van der Waals surface area contributed by atoms with Crippen molar-refractivity contribution in [1.29, 1.82) is 0 Å². The molecule has 4 nitrogen and oxygen atoms in total. The summed E-state index contributed by atoms with van der Waals surface area (Å²) in [7, 11) is -2.50. The van der Waals surface area contributed by atoms with E-state index in [4.69, 9.17) is 0 Å². The van der Waals surface area contributed by atoms with Crippen molar-refractivity contribution in [3.63, 3.8) is 0 Å². The summed E-state index contributed by atoms with van der Waals surface area (Å²) in [6, 6.07) is 8.11. The third-order valence-electron chi connectivity index (χ3n) is 1.80. The van der Waals surface area contributed by atoms with Gasteiger partial charge < -0.3 is 5.11 Å². The lowest BCUT2D eigenvalue weighted by molar-refractivity contribution is 0.166. The first-order valence-electron chi connectivity index (χ1n) is 4.14. The number of hydrogen-bond acceptors (Lipinski definition) is 4. The molecule has 0 saturated carbocycles. The zero-order valence-corrected chi connectivity index (χ0v) is 8.48. The molecule has 1 rings (SSSR count). The average molecular weight is 213 g/mol. The second-order valence-electron chi connectivity index (χ2n) is 2.92. The average Bonchev–Trinajstić information content (AvgIpc) is 2.15. The molecule has 5 heteroatoms. The SMILES string of the molecule is C[C@@H](O)[C@@H](N=S(=O)=O)c1ccccc1. The van der Waals surface area contributed by atoms with Crippen molar-refractivity contribution < 1.29 is 13.5 Å². The Morgan fingerprint density at radius 3 is 2.29 bits per heavy atom. The van der Waals surface area contributed by atoms with Gasteiger partial charge in [-0.15, -0.1) is 0 Å². The van der Waals surface area contributed by atoms with Crippen molar-refractivity contribution in [2.75, 3.05) is 0 Å². The van der Waals surface area contributed by atoms with Crippen molar-refractivity contribution in [3.05, 3.63) is 35.9 Å². The lowest BCUT2D eigenvalue weighted by atomic mass is 10.0. The fourth-order valence-corrected chi connectivity index (χ4v) is 1.65. The highest BCUT2D eigenvalue weighted by molar-refractivity contribution is 7.61. The van der Waals surface area contributed by atoms with Crippen molar-refractivity contribution in [2.24, 2.45) is 4.36 Å². The molecule has 1 aromatic carbocycles. The van der Waals surface area contributed by atoms with Gasteiger partial charge in [-0.25, -0.2) is 0 Å². The van der Waals surface area contributed by atoms with Crippen LogP contribution in [-0.2, 0) is 10.5 Å². The van der Waals surface area contributed by atoms with Crippen LogP contribution < -0.4 is 0 Å².